The Balaban J connectivity index is 0.000000175. The summed E-state index contributed by atoms with van der Waals surface area (Å²) in [5, 5.41) is 0. The van der Waals surface area contributed by atoms with E-state index in [1.165, 1.54) is 0 Å². The van der Waals surface area contributed by atoms with Crippen LogP contribution < -0.4 is 19.6 Å². The number of fused-ring (bicyclic) bond motifs is 4. The summed E-state index contributed by atoms with van der Waals surface area (Å²) in [5.74, 6) is 0.128. The van der Waals surface area contributed by atoms with Gasteiger partial charge in [-0.05, 0) is 76.7 Å². The summed E-state index contributed by atoms with van der Waals surface area (Å²) in [7, 11) is 12.1. The quantitative estimate of drug-likeness (QED) is 0.277. The van der Waals surface area contributed by atoms with Crippen LogP contribution in [0.2, 0.25) is 0 Å². The molecule has 4 aromatic rings. The van der Waals surface area contributed by atoms with E-state index < -0.39 is 0 Å². The minimum Gasteiger partial charge on any atom is -0.342 e. The molecular formula is C36H42N6O2. The van der Waals surface area contributed by atoms with Gasteiger partial charge in [-0.3, -0.25) is 9.59 Å². The minimum atomic E-state index is 0.0641. The van der Waals surface area contributed by atoms with E-state index in [1.54, 1.807) is 0 Å². The Hall–Kier alpha value is -4.66. The second-order valence-electron chi connectivity index (χ2n) is 11.6. The molecule has 8 nitrogen and oxygen atoms in total. The molecule has 0 saturated carbocycles. The topological polar surface area (TPSA) is 53.6 Å². The molecule has 0 saturated heterocycles. The van der Waals surface area contributed by atoms with Gasteiger partial charge in [-0.2, -0.15) is 0 Å². The number of hydrogen-bond donors (Lipinski definition) is 0. The molecule has 0 spiro atoms. The number of amides is 2. The van der Waals surface area contributed by atoms with Gasteiger partial charge < -0.3 is 29.4 Å². The van der Waals surface area contributed by atoms with Gasteiger partial charge in [0, 0.05) is 40.3 Å². The van der Waals surface area contributed by atoms with Crippen molar-refractivity contribution >= 4 is 45.9 Å². The van der Waals surface area contributed by atoms with Crippen molar-refractivity contribution in [3.8, 4) is 0 Å². The first-order valence-corrected chi connectivity index (χ1v) is 15.0. The average Bonchev–Trinajstić information content (AvgIpc) is 3.18. The van der Waals surface area contributed by atoms with Crippen LogP contribution in [0.1, 0.15) is 20.7 Å². The Kier molecular flexibility index (Phi) is 9.32. The van der Waals surface area contributed by atoms with Crippen molar-refractivity contribution < 1.29 is 9.59 Å². The molecule has 2 aliphatic heterocycles. The highest BCUT2D eigenvalue weighted by Crippen LogP contribution is 2.40. The van der Waals surface area contributed by atoms with Crippen molar-refractivity contribution in [3.05, 3.63) is 108 Å². The van der Waals surface area contributed by atoms with Gasteiger partial charge in [0.25, 0.3) is 11.8 Å². The second kappa shape index (κ2) is 13.3. The van der Waals surface area contributed by atoms with Crippen LogP contribution in [-0.2, 0) is 0 Å². The first-order chi connectivity index (χ1) is 21.2. The number of rotatable bonds is 6. The second-order valence-corrected chi connectivity index (χ2v) is 11.6. The summed E-state index contributed by atoms with van der Waals surface area (Å²) in [4.78, 5) is 38.2. The third kappa shape index (κ3) is 6.18. The lowest BCUT2D eigenvalue weighted by atomic mass is 10.1. The maximum atomic E-state index is 13.0. The largest absolute Gasteiger partial charge is 0.342 e. The molecule has 2 amide bonds. The first-order valence-electron chi connectivity index (χ1n) is 15.0. The van der Waals surface area contributed by atoms with Crippen LogP contribution in [-0.4, -0.2) is 90.1 Å². The zero-order chi connectivity index (χ0) is 31.4. The molecule has 0 fully saturated rings. The maximum absolute atomic E-state index is 13.0. The molecule has 2 heterocycles. The van der Waals surface area contributed by atoms with Gasteiger partial charge in [0.1, 0.15) is 0 Å². The molecule has 0 aromatic heterocycles. The van der Waals surface area contributed by atoms with E-state index in [0.717, 1.165) is 58.3 Å². The van der Waals surface area contributed by atoms with Crippen LogP contribution in [0.3, 0.4) is 0 Å². The van der Waals surface area contributed by atoms with Gasteiger partial charge in [-0.15, -0.1) is 0 Å². The molecular weight excluding hydrogens is 548 g/mol. The summed E-state index contributed by atoms with van der Waals surface area (Å²) in [5.41, 5.74) is 7.44. The Morgan fingerprint density at radius 3 is 1.09 bits per heavy atom. The van der Waals surface area contributed by atoms with E-state index >= 15 is 0 Å². The summed E-state index contributed by atoms with van der Waals surface area (Å²) >= 11 is 0. The number of nitrogens with zero attached hydrogens (tertiary/aromatic N) is 6. The highest BCUT2D eigenvalue weighted by atomic mass is 16.2. The van der Waals surface area contributed by atoms with Crippen molar-refractivity contribution in [2.75, 3.05) is 88.1 Å². The molecule has 6 rings (SSSR count). The van der Waals surface area contributed by atoms with E-state index in [-0.39, 0.29) is 11.8 Å². The number of hydrogen-bond acceptors (Lipinski definition) is 6. The Bertz CT molecular complexity index is 1510. The van der Waals surface area contributed by atoms with E-state index in [4.69, 9.17) is 0 Å². The smallest absolute Gasteiger partial charge is 0.260 e. The number of anilines is 6. The predicted molar refractivity (Wildman–Crippen MR) is 182 cm³/mol. The lowest BCUT2D eigenvalue weighted by Gasteiger charge is -2.25. The standard InChI is InChI=1S/2C18H21N3O/c2*1-19(2)12-13-21-17-11-7-6-10-16(17)20(3)15-9-5-4-8-14(15)18(21)22/h2*4-11H,12-13H2,1-3H3. The fourth-order valence-corrected chi connectivity index (χ4v) is 5.66. The first kappa shape index (κ1) is 30.8. The molecule has 0 radical (unpaired) electrons. The number of benzene rings is 4. The zero-order valence-corrected chi connectivity index (χ0v) is 26.6. The third-order valence-corrected chi connectivity index (χ3v) is 8.09. The molecule has 0 N–H and O–H groups in total. The number of likely N-dealkylation sites (N-methyl/N-ethyl adjacent to an activating group) is 2. The van der Waals surface area contributed by atoms with Crippen molar-refractivity contribution in [2.24, 2.45) is 0 Å². The van der Waals surface area contributed by atoms with Crippen LogP contribution in [0.4, 0.5) is 34.1 Å². The fourth-order valence-electron chi connectivity index (χ4n) is 5.66. The maximum Gasteiger partial charge on any atom is 0.260 e. The number of para-hydroxylation sites is 6. The number of carbonyl (C=O) groups is 2. The zero-order valence-electron chi connectivity index (χ0n) is 26.6. The monoisotopic (exact) mass is 590 g/mol. The molecule has 0 unspecified atom stereocenters. The molecule has 0 bridgehead atoms. The molecule has 0 atom stereocenters. The van der Waals surface area contributed by atoms with Crippen LogP contribution in [0.15, 0.2) is 97.1 Å². The van der Waals surface area contributed by atoms with Gasteiger partial charge in [0.15, 0.2) is 0 Å². The van der Waals surface area contributed by atoms with Gasteiger partial charge in [-0.25, -0.2) is 0 Å². The van der Waals surface area contributed by atoms with Gasteiger partial charge in [0.2, 0.25) is 0 Å². The predicted octanol–water partition coefficient (Wildman–Crippen LogP) is 5.95. The highest BCUT2D eigenvalue weighted by molar-refractivity contribution is 6.14. The minimum absolute atomic E-state index is 0.0641. The van der Waals surface area contributed by atoms with Crippen LogP contribution >= 0.6 is 0 Å². The lowest BCUT2D eigenvalue weighted by molar-refractivity contribution is 0.0978. The summed E-state index contributed by atoms with van der Waals surface area (Å²) in [6, 6.07) is 31.8. The normalized spacial score (nSPS) is 13.9. The van der Waals surface area contributed by atoms with E-state index in [2.05, 4.69) is 31.7 Å². The van der Waals surface area contributed by atoms with Crippen LogP contribution in [0.25, 0.3) is 0 Å². The van der Waals surface area contributed by atoms with Gasteiger partial charge in [0.05, 0.1) is 45.3 Å². The molecule has 44 heavy (non-hydrogen) atoms. The Morgan fingerprint density at radius 2 is 0.750 bits per heavy atom. The van der Waals surface area contributed by atoms with Crippen molar-refractivity contribution in [2.45, 2.75) is 0 Å². The van der Waals surface area contributed by atoms with Crippen molar-refractivity contribution in [1.29, 1.82) is 0 Å². The molecule has 2 aliphatic rings. The molecule has 8 heteroatoms. The third-order valence-electron chi connectivity index (χ3n) is 8.09. The SMILES string of the molecule is CN(C)CCN1C(=O)c2ccccc2N(C)c2ccccc21.CN(C)CCN1C(=O)c2ccccc2N(C)c2ccccc21. The van der Waals surface area contributed by atoms with Crippen LogP contribution in [0.5, 0.6) is 0 Å². The highest BCUT2D eigenvalue weighted by Gasteiger charge is 2.30. The van der Waals surface area contributed by atoms with Crippen LogP contribution in [0, 0.1) is 0 Å². The molecule has 0 aliphatic carbocycles. The lowest BCUT2D eigenvalue weighted by Crippen LogP contribution is -2.36. The number of carbonyl (C=O) groups excluding carboxylic acids is 2. The molecule has 228 valence electrons. The van der Waals surface area contributed by atoms with Crippen molar-refractivity contribution in [1.82, 2.24) is 9.80 Å². The van der Waals surface area contributed by atoms with Gasteiger partial charge in [-0.1, -0.05) is 48.5 Å². The average molecular weight is 591 g/mol. The van der Waals surface area contributed by atoms with E-state index in [1.807, 2.05) is 137 Å². The van der Waals surface area contributed by atoms with E-state index in [0.29, 0.717) is 13.1 Å². The van der Waals surface area contributed by atoms with Crippen molar-refractivity contribution in [3.63, 3.8) is 0 Å². The Morgan fingerprint density at radius 1 is 0.455 bits per heavy atom. The summed E-state index contributed by atoms with van der Waals surface area (Å²) in [6.07, 6.45) is 0. The van der Waals surface area contributed by atoms with Gasteiger partial charge >= 0.3 is 0 Å². The van der Waals surface area contributed by atoms with E-state index in [9.17, 15) is 9.59 Å². The Labute approximate surface area is 261 Å². The fraction of sp³-hybridized carbons (Fsp3) is 0.278. The summed E-state index contributed by atoms with van der Waals surface area (Å²) < 4.78 is 0. The molecule has 4 aromatic carbocycles. The summed E-state index contributed by atoms with van der Waals surface area (Å²) in [6.45, 7) is 2.99.